The summed E-state index contributed by atoms with van der Waals surface area (Å²) in [6.45, 7) is 0. The lowest BCUT2D eigenvalue weighted by atomic mass is 9.87. The standard InChI is InChI=1S/C38H26O3/c1-41-37-18-10-9-17-30(37)32-23-34-27-14-6-5-13-26(27)31(22-33(34)29-16-8-7-15-28(29)32)25-19-20-36(39)35(21-25)38(40)24-11-3-2-4-12-24/h2-23,39H,1H3. The van der Waals surface area contributed by atoms with Crippen molar-refractivity contribution in [3.8, 4) is 33.8 Å². The Bertz CT molecular complexity index is 2110. The van der Waals surface area contributed by atoms with E-state index in [2.05, 4.69) is 60.7 Å². The monoisotopic (exact) mass is 530 g/mol. The third-order valence-corrected chi connectivity index (χ3v) is 7.87. The second-order valence-corrected chi connectivity index (χ2v) is 10.2. The molecule has 0 aliphatic rings. The van der Waals surface area contributed by atoms with Crippen LogP contribution in [0.5, 0.6) is 11.5 Å². The average Bonchev–Trinajstić information content (AvgIpc) is 3.04. The van der Waals surface area contributed by atoms with Gasteiger partial charge in [-0.05, 0) is 79.3 Å². The van der Waals surface area contributed by atoms with Crippen molar-refractivity contribution in [3.63, 3.8) is 0 Å². The fraction of sp³-hybridized carbons (Fsp3) is 0.0263. The molecule has 0 spiro atoms. The molecule has 0 amide bonds. The molecule has 0 heterocycles. The van der Waals surface area contributed by atoms with Gasteiger partial charge in [0.15, 0.2) is 5.78 Å². The van der Waals surface area contributed by atoms with Crippen molar-refractivity contribution in [1.82, 2.24) is 0 Å². The lowest BCUT2D eigenvalue weighted by Crippen LogP contribution is -2.02. The molecule has 0 saturated heterocycles. The molecule has 0 aliphatic heterocycles. The molecule has 41 heavy (non-hydrogen) atoms. The highest BCUT2D eigenvalue weighted by Crippen LogP contribution is 2.43. The van der Waals surface area contributed by atoms with E-state index in [1.807, 2.05) is 54.6 Å². The maximum atomic E-state index is 13.4. The van der Waals surface area contributed by atoms with Gasteiger partial charge in [0, 0.05) is 11.1 Å². The number of carbonyl (C=O) groups is 1. The van der Waals surface area contributed by atoms with Crippen molar-refractivity contribution in [2.24, 2.45) is 0 Å². The molecular formula is C38H26O3. The highest BCUT2D eigenvalue weighted by molar-refractivity contribution is 6.24. The van der Waals surface area contributed by atoms with Gasteiger partial charge in [-0.2, -0.15) is 0 Å². The fourth-order valence-electron chi connectivity index (χ4n) is 5.91. The Kier molecular flexibility index (Phi) is 5.98. The van der Waals surface area contributed by atoms with Crippen LogP contribution in [-0.4, -0.2) is 18.0 Å². The molecule has 0 saturated carbocycles. The smallest absolute Gasteiger partial charge is 0.196 e. The summed E-state index contributed by atoms with van der Waals surface area (Å²) in [6, 6.07) is 43.8. The molecule has 0 fully saturated rings. The zero-order valence-corrected chi connectivity index (χ0v) is 22.5. The number of methoxy groups -OCH3 is 1. The molecule has 7 aromatic carbocycles. The van der Waals surface area contributed by atoms with Crippen LogP contribution in [0.2, 0.25) is 0 Å². The molecule has 0 aliphatic carbocycles. The molecule has 3 nitrogen and oxygen atoms in total. The van der Waals surface area contributed by atoms with Crippen LogP contribution in [0.15, 0.2) is 133 Å². The van der Waals surface area contributed by atoms with Gasteiger partial charge in [-0.1, -0.05) is 103 Å². The Hall–Kier alpha value is -5.41. The van der Waals surface area contributed by atoms with E-state index in [0.29, 0.717) is 5.56 Å². The summed E-state index contributed by atoms with van der Waals surface area (Å²) in [7, 11) is 1.71. The molecule has 0 unspecified atom stereocenters. The van der Waals surface area contributed by atoms with Gasteiger partial charge in [-0.15, -0.1) is 0 Å². The van der Waals surface area contributed by atoms with E-state index in [1.54, 1.807) is 25.3 Å². The number of para-hydroxylation sites is 1. The van der Waals surface area contributed by atoms with Crippen LogP contribution < -0.4 is 4.74 Å². The van der Waals surface area contributed by atoms with Gasteiger partial charge in [-0.25, -0.2) is 0 Å². The zero-order chi connectivity index (χ0) is 27.9. The third-order valence-electron chi connectivity index (χ3n) is 7.87. The average molecular weight is 531 g/mol. The quantitative estimate of drug-likeness (QED) is 0.178. The summed E-state index contributed by atoms with van der Waals surface area (Å²) >= 11 is 0. The first-order chi connectivity index (χ1) is 20.1. The number of phenolic OH excluding ortho intramolecular Hbond substituents is 1. The number of phenols is 1. The predicted molar refractivity (Wildman–Crippen MR) is 168 cm³/mol. The normalized spacial score (nSPS) is 11.2. The van der Waals surface area contributed by atoms with Gasteiger partial charge in [0.25, 0.3) is 0 Å². The molecular weight excluding hydrogens is 504 g/mol. The minimum Gasteiger partial charge on any atom is -0.507 e. The van der Waals surface area contributed by atoms with Crippen molar-refractivity contribution >= 4 is 38.1 Å². The number of fused-ring (bicyclic) bond motifs is 5. The highest BCUT2D eigenvalue weighted by Gasteiger charge is 2.18. The number of ether oxygens (including phenoxy) is 1. The molecule has 7 aromatic rings. The third kappa shape index (κ3) is 4.11. The number of rotatable bonds is 5. The molecule has 196 valence electrons. The maximum absolute atomic E-state index is 13.4. The van der Waals surface area contributed by atoms with Crippen molar-refractivity contribution in [3.05, 3.63) is 145 Å². The van der Waals surface area contributed by atoms with Gasteiger partial charge in [0.2, 0.25) is 0 Å². The molecule has 3 heteroatoms. The lowest BCUT2D eigenvalue weighted by Gasteiger charge is -2.17. The van der Waals surface area contributed by atoms with Crippen LogP contribution in [-0.2, 0) is 0 Å². The van der Waals surface area contributed by atoms with Crippen LogP contribution in [0.25, 0.3) is 54.6 Å². The highest BCUT2D eigenvalue weighted by atomic mass is 16.5. The number of hydrogen-bond acceptors (Lipinski definition) is 3. The fourth-order valence-corrected chi connectivity index (χ4v) is 5.91. The van der Waals surface area contributed by atoms with Crippen LogP contribution in [0.4, 0.5) is 0 Å². The first-order valence-electron chi connectivity index (χ1n) is 13.6. The number of hydrogen-bond donors (Lipinski definition) is 1. The minimum atomic E-state index is -0.207. The van der Waals surface area contributed by atoms with E-state index in [4.69, 9.17) is 4.74 Å². The molecule has 0 radical (unpaired) electrons. The van der Waals surface area contributed by atoms with Gasteiger partial charge in [0.05, 0.1) is 12.7 Å². The van der Waals surface area contributed by atoms with Crippen LogP contribution in [0.1, 0.15) is 15.9 Å². The maximum Gasteiger partial charge on any atom is 0.196 e. The Morgan fingerprint density at radius 3 is 1.78 bits per heavy atom. The van der Waals surface area contributed by atoms with Gasteiger partial charge in [-0.3, -0.25) is 4.79 Å². The Morgan fingerprint density at radius 2 is 1.10 bits per heavy atom. The van der Waals surface area contributed by atoms with Crippen molar-refractivity contribution in [2.75, 3.05) is 7.11 Å². The minimum absolute atomic E-state index is 0.0282. The van der Waals surface area contributed by atoms with Crippen LogP contribution in [0, 0.1) is 0 Å². The largest absolute Gasteiger partial charge is 0.507 e. The van der Waals surface area contributed by atoms with Crippen molar-refractivity contribution < 1.29 is 14.6 Å². The van der Waals surface area contributed by atoms with E-state index in [9.17, 15) is 9.90 Å². The Morgan fingerprint density at radius 1 is 0.537 bits per heavy atom. The summed E-state index contributed by atoms with van der Waals surface area (Å²) in [5, 5.41) is 17.4. The molecule has 1 N–H and O–H groups in total. The topological polar surface area (TPSA) is 46.5 Å². The first kappa shape index (κ1) is 24.6. The summed E-state index contributed by atoms with van der Waals surface area (Å²) < 4.78 is 5.75. The first-order valence-corrected chi connectivity index (χ1v) is 13.6. The second kappa shape index (κ2) is 9.96. The van der Waals surface area contributed by atoms with E-state index < -0.39 is 0 Å². The van der Waals surface area contributed by atoms with Crippen LogP contribution >= 0.6 is 0 Å². The number of carbonyl (C=O) groups excluding carboxylic acids is 1. The van der Waals surface area contributed by atoms with Gasteiger partial charge >= 0.3 is 0 Å². The van der Waals surface area contributed by atoms with E-state index in [-0.39, 0.29) is 17.1 Å². The summed E-state index contributed by atoms with van der Waals surface area (Å²) in [5.74, 6) is 0.596. The lowest BCUT2D eigenvalue weighted by molar-refractivity contribution is 0.103. The molecule has 0 atom stereocenters. The number of aromatic hydroxyl groups is 1. The molecule has 0 bridgehead atoms. The van der Waals surface area contributed by atoms with Crippen LogP contribution in [0.3, 0.4) is 0 Å². The number of ketones is 1. The van der Waals surface area contributed by atoms with E-state index in [0.717, 1.165) is 60.3 Å². The Balaban J connectivity index is 1.53. The van der Waals surface area contributed by atoms with Gasteiger partial charge in [0.1, 0.15) is 11.5 Å². The molecule has 7 rings (SSSR count). The van der Waals surface area contributed by atoms with Crippen molar-refractivity contribution in [1.29, 1.82) is 0 Å². The Labute approximate surface area is 237 Å². The summed E-state index contributed by atoms with van der Waals surface area (Å²) in [5.41, 5.74) is 4.86. The van der Waals surface area contributed by atoms with E-state index >= 15 is 0 Å². The molecule has 0 aromatic heterocycles. The summed E-state index contributed by atoms with van der Waals surface area (Å²) in [6.07, 6.45) is 0. The SMILES string of the molecule is COc1ccccc1-c1cc2c3ccccc3c(-c3ccc(O)c(C(=O)c4ccccc4)c3)cc2c2ccccc12. The number of benzene rings is 7. The summed E-state index contributed by atoms with van der Waals surface area (Å²) in [4.78, 5) is 13.4. The van der Waals surface area contributed by atoms with E-state index in [1.165, 1.54) is 0 Å². The second-order valence-electron chi connectivity index (χ2n) is 10.2. The van der Waals surface area contributed by atoms with Gasteiger partial charge < -0.3 is 9.84 Å². The predicted octanol–water partition coefficient (Wildman–Crippen LogP) is 9.43. The zero-order valence-electron chi connectivity index (χ0n) is 22.5. The van der Waals surface area contributed by atoms with Crippen molar-refractivity contribution in [2.45, 2.75) is 0 Å².